The third-order valence-corrected chi connectivity index (χ3v) is 5.40. The molecule has 2 atom stereocenters. The topological polar surface area (TPSA) is 115 Å². The van der Waals surface area contributed by atoms with E-state index in [1.54, 1.807) is 12.3 Å². The highest BCUT2D eigenvalue weighted by Crippen LogP contribution is 2.44. The highest BCUT2D eigenvalue weighted by atomic mass is 16.1. The number of hydrogen-bond donors (Lipinski definition) is 2. The van der Waals surface area contributed by atoms with Crippen LogP contribution < -0.4 is 16.4 Å². The van der Waals surface area contributed by atoms with Crippen molar-refractivity contribution < 1.29 is 9.59 Å². The highest BCUT2D eigenvalue weighted by Gasteiger charge is 2.40. The third-order valence-electron chi connectivity index (χ3n) is 5.40. The van der Waals surface area contributed by atoms with Crippen LogP contribution in [0, 0.1) is 18.8 Å². The van der Waals surface area contributed by atoms with Gasteiger partial charge in [0.1, 0.15) is 6.29 Å². The van der Waals surface area contributed by atoms with E-state index in [0.717, 1.165) is 24.3 Å². The van der Waals surface area contributed by atoms with Crippen LogP contribution in [0.5, 0.6) is 0 Å². The number of primary amides is 1. The minimum absolute atomic E-state index is 0.336. The lowest BCUT2D eigenvalue weighted by Crippen LogP contribution is -2.43. The highest BCUT2D eigenvalue weighted by molar-refractivity contribution is 5.93. The van der Waals surface area contributed by atoms with Crippen molar-refractivity contribution in [1.29, 1.82) is 0 Å². The molecule has 1 saturated carbocycles. The molecular formula is C23H33N5O2. The molecule has 1 aliphatic heterocycles. The van der Waals surface area contributed by atoms with Gasteiger partial charge in [0.15, 0.2) is 0 Å². The predicted octanol–water partition coefficient (Wildman–Crippen LogP) is 3.16. The van der Waals surface area contributed by atoms with E-state index in [1.165, 1.54) is 24.1 Å². The van der Waals surface area contributed by atoms with E-state index in [4.69, 9.17) is 11.5 Å². The Balaban J connectivity index is 0.000000222. The summed E-state index contributed by atoms with van der Waals surface area (Å²) < 4.78 is 0. The summed E-state index contributed by atoms with van der Waals surface area (Å²) in [5.74, 6) is 1.52. The van der Waals surface area contributed by atoms with E-state index in [0.29, 0.717) is 29.9 Å². The second-order valence-corrected chi connectivity index (χ2v) is 7.96. The molecule has 1 aliphatic carbocycles. The van der Waals surface area contributed by atoms with Gasteiger partial charge >= 0.3 is 0 Å². The first-order valence-electron chi connectivity index (χ1n) is 10.4. The van der Waals surface area contributed by atoms with Gasteiger partial charge in [-0.25, -0.2) is 9.97 Å². The first-order valence-corrected chi connectivity index (χ1v) is 10.4. The van der Waals surface area contributed by atoms with Crippen molar-refractivity contribution in [3.63, 3.8) is 0 Å². The molecule has 30 heavy (non-hydrogen) atoms. The molecule has 162 valence electrons. The number of anilines is 2. The fourth-order valence-electron chi connectivity index (χ4n) is 3.94. The molecule has 2 heterocycles. The maximum atomic E-state index is 11.2. The van der Waals surface area contributed by atoms with Crippen LogP contribution in [0.4, 0.5) is 11.6 Å². The Morgan fingerprint density at radius 1 is 1.30 bits per heavy atom. The first kappa shape index (κ1) is 23.3. The predicted molar refractivity (Wildman–Crippen MR) is 120 cm³/mol. The lowest BCUT2D eigenvalue weighted by Gasteiger charge is -2.41. The summed E-state index contributed by atoms with van der Waals surface area (Å²) in [5, 5.41) is 0. The van der Waals surface area contributed by atoms with Gasteiger partial charge in [-0.05, 0) is 67.9 Å². The molecular weight excluding hydrogens is 378 g/mol. The number of benzene rings is 1. The number of fused-ring (bicyclic) bond motifs is 1. The van der Waals surface area contributed by atoms with Crippen LogP contribution in [-0.4, -0.2) is 35.3 Å². The summed E-state index contributed by atoms with van der Waals surface area (Å²) in [4.78, 5) is 30.4. The van der Waals surface area contributed by atoms with Crippen molar-refractivity contribution in [3.05, 3.63) is 47.3 Å². The van der Waals surface area contributed by atoms with Crippen LogP contribution in [0.2, 0.25) is 0 Å². The number of rotatable bonds is 3. The minimum Gasteiger partial charge on any atom is -0.371 e. The van der Waals surface area contributed by atoms with Gasteiger partial charge in [-0.3, -0.25) is 4.79 Å². The molecule has 1 fully saturated rings. The van der Waals surface area contributed by atoms with E-state index in [1.807, 2.05) is 26.0 Å². The molecule has 0 saturated heterocycles. The molecule has 0 spiro atoms. The number of nitrogen functional groups attached to an aromatic ring is 1. The third kappa shape index (κ3) is 6.27. The zero-order chi connectivity index (χ0) is 22.3. The molecule has 1 amide bonds. The van der Waals surface area contributed by atoms with Gasteiger partial charge in [-0.15, -0.1) is 0 Å². The van der Waals surface area contributed by atoms with Crippen molar-refractivity contribution >= 4 is 23.8 Å². The Labute approximate surface area is 178 Å². The number of carbonyl (C=O) groups is 2. The van der Waals surface area contributed by atoms with E-state index in [-0.39, 0.29) is 5.91 Å². The number of carbonyl (C=O) groups excluding carboxylic acids is 2. The number of aldehydes is 1. The monoisotopic (exact) mass is 411 g/mol. The molecule has 1 aromatic carbocycles. The maximum Gasteiger partial charge on any atom is 0.248 e. The van der Waals surface area contributed by atoms with Gasteiger partial charge < -0.3 is 21.2 Å². The minimum atomic E-state index is -0.336. The van der Waals surface area contributed by atoms with Crippen LogP contribution in [0.1, 0.15) is 54.7 Å². The number of hydrogen-bond acceptors (Lipinski definition) is 6. The lowest BCUT2D eigenvalue weighted by atomic mass is 9.84. The summed E-state index contributed by atoms with van der Waals surface area (Å²) >= 11 is 0. The van der Waals surface area contributed by atoms with Gasteiger partial charge in [0.25, 0.3) is 0 Å². The Kier molecular flexibility index (Phi) is 8.33. The summed E-state index contributed by atoms with van der Waals surface area (Å²) in [6.45, 7) is 6.00. The van der Waals surface area contributed by atoms with Crippen LogP contribution in [0.3, 0.4) is 0 Å². The number of amides is 1. The Morgan fingerprint density at radius 3 is 2.43 bits per heavy atom. The molecule has 0 bridgehead atoms. The standard InChI is InChI=1S/C15H20N2O.C5H7N3.C3H6O/c1-9-7-12-8-11(15(16)18)5-6-13(12)17(2)14(9)10-3-4-10;1-4-2-3-7-5(6)8-4;1-2-3-4/h5-6,8-10,14H,3-4,7H2,1-2H3,(H2,16,18);2-3H,1H3,(H2,6,7,8);3H,2H2,1H3/t9?,14-;;/m1../s1. The molecule has 1 aromatic heterocycles. The Bertz CT molecular complexity index is 849. The number of nitrogens with zero attached hydrogens (tertiary/aromatic N) is 3. The van der Waals surface area contributed by atoms with Crippen molar-refractivity contribution in [2.45, 2.75) is 52.5 Å². The quantitative estimate of drug-likeness (QED) is 0.750. The lowest BCUT2D eigenvalue weighted by molar-refractivity contribution is -0.107. The molecule has 7 nitrogen and oxygen atoms in total. The van der Waals surface area contributed by atoms with Crippen molar-refractivity contribution in [2.24, 2.45) is 17.6 Å². The Hall–Kier alpha value is -2.96. The van der Waals surface area contributed by atoms with Crippen LogP contribution in [0.25, 0.3) is 0 Å². The van der Waals surface area contributed by atoms with E-state index in [2.05, 4.69) is 34.9 Å². The molecule has 1 unspecified atom stereocenters. The number of aryl methyl sites for hydroxylation is 1. The van der Waals surface area contributed by atoms with Crippen molar-refractivity contribution in [3.8, 4) is 0 Å². The average Bonchev–Trinajstić information content (AvgIpc) is 3.53. The molecule has 4 N–H and O–H groups in total. The zero-order valence-corrected chi connectivity index (χ0v) is 18.3. The summed E-state index contributed by atoms with van der Waals surface area (Å²) in [5.41, 5.74) is 14.6. The fraction of sp³-hybridized carbons (Fsp3) is 0.478. The zero-order valence-electron chi connectivity index (χ0n) is 18.3. The van der Waals surface area contributed by atoms with Crippen LogP contribution in [0.15, 0.2) is 30.5 Å². The van der Waals surface area contributed by atoms with E-state index in [9.17, 15) is 9.59 Å². The van der Waals surface area contributed by atoms with Gasteiger partial charge in [-0.2, -0.15) is 0 Å². The van der Waals surface area contributed by atoms with Gasteiger partial charge in [0, 0.05) is 42.7 Å². The van der Waals surface area contributed by atoms with E-state index >= 15 is 0 Å². The normalized spacial score (nSPS) is 19.4. The second-order valence-electron chi connectivity index (χ2n) is 7.96. The average molecular weight is 412 g/mol. The van der Waals surface area contributed by atoms with Gasteiger partial charge in [0.2, 0.25) is 11.9 Å². The SMILES string of the molecule is CC1Cc2cc(C(N)=O)ccc2N(C)[C@H]1C1CC1.CCC=O.Cc1ccnc(N)n1. The smallest absolute Gasteiger partial charge is 0.248 e. The van der Waals surface area contributed by atoms with Crippen LogP contribution in [-0.2, 0) is 11.2 Å². The fourth-order valence-corrected chi connectivity index (χ4v) is 3.94. The summed E-state index contributed by atoms with van der Waals surface area (Å²) in [6.07, 6.45) is 6.95. The Morgan fingerprint density at radius 2 is 1.97 bits per heavy atom. The molecule has 0 radical (unpaired) electrons. The van der Waals surface area contributed by atoms with Gasteiger partial charge in [0.05, 0.1) is 0 Å². The molecule has 2 aromatic rings. The van der Waals surface area contributed by atoms with Crippen LogP contribution >= 0.6 is 0 Å². The summed E-state index contributed by atoms with van der Waals surface area (Å²) in [6, 6.07) is 8.33. The molecule has 7 heteroatoms. The largest absolute Gasteiger partial charge is 0.371 e. The van der Waals surface area contributed by atoms with Crippen molar-refractivity contribution in [1.82, 2.24) is 9.97 Å². The number of aromatic nitrogens is 2. The number of nitrogens with two attached hydrogens (primary N) is 2. The van der Waals surface area contributed by atoms with E-state index < -0.39 is 0 Å². The second kappa shape index (κ2) is 10.7. The van der Waals surface area contributed by atoms with Gasteiger partial charge in [-0.1, -0.05) is 13.8 Å². The molecule has 2 aliphatic rings. The first-order chi connectivity index (χ1) is 14.3. The molecule has 4 rings (SSSR count). The maximum absolute atomic E-state index is 11.2. The summed E-state index contributed by atoms with van der Waals surface area (Å²) in [7, 11) is 2.18. The van der Waals surface area contributed by atoms with Crippen molar-refractivity contribution in [2.75, 3.05) is 17.7 Å².